The first-order valence-electron chi connectivity index (χ1n) is 10.8. The number of aromatic nitrogens is 2. The molecule has 0 aliphatic heterocycles. The lowest BCUT2D eigenvalue weighted by molar-refractivity contribution is 0.275. The quantitative estimate of drug-likeness (QED) is 0.369. The monoisotopic (exact) mass is 428 g/mol. The van der Waals surface area contributed by atoms with Gasteiger partial charge in [0.25, 0.3) is 5.56 Å². The van der Waals surface area contributed by atoms with Crippen molar-refractivity contribution in [2.45, 2.75) is 33.2 Å². The van der Waals surface area contributed by atoms with E-state index in [-0.39, 0.29) is 11.5 Å². The van der Waals surface area contributed by atoms with Crippen molar-refractivity contribution in [3.8, 4) is 17.3 Å². The number of hydrogen-bond acceptors (Lipinski definition) is 6. The molecular weight excluding hydrogens is 400 g/mol. The Bertz CT molecular complexity index is 1150. The zero-order valence-electron chi connectivity index (χ0n) is 18.5. The molecule has 0 spiro atoms. The van der Waals surface area contributed by atoms with E-state index in [4.69, 9.17) is 0 Å². The lowest BCUT2D eigenvalue weighted by atomic mass is 10.1. The Hall–Kier alpha value is -3.76. The highest BCUT2D eigenvalue weighted by Gasteiger charge is 2.12. The highest BCUT2D eigenvalue weighted by molar-refractivity contribution is 5.80. The first kappa shape index (κ1) is 22.9. The van der Waals surface area contributed by atoms with Crippen LogP contribution < -0.4 is 11.0 Å². The fourth-order valence-corrected chi connectivity index (χ4v) is 3.36. The molecule has 0 saturated heterocycles. The summed E-state index contributed by atoms with van der Waals surface area (Å²) in [4.78, 5) is 21.7. The SMILES string of the molecule is CCCCN(CC)Cc1cccc(C=NNc2nc(-c3ccccc3)c(C#N)c(=O)[nH]2)c1. The van der Waals surface area contributed by atoms with Crippen LogP contribution in [0.3, 0.4) is 0 Å². The molecular formula is C25H28N6O. The second kappa shape index (κ2) is 11.6. The molecule has 2 N–H and O–H groups in total. The lowest BCUT2D eigenvalue weighted by Crippen LogP contribution is -2.23. The van der Waals surface area contributed by atoms with Gasteiger partial charge in [-0.1, -0.05) is 68.8 Å². The van der Waals surface area contributed by atoms with E-state index in [2.05, 4.69) is 51.4 Å². The highest BCUT2D eigenvalue weighted by Crippen LogP contribution is 2.19. The Kier molecular flexibility index (Phi) is 8.29. The van der Waals surface area contributed by atoms with E-state index in [1.807, 2.05) is 36.4 Å². The van der Waals surface area contributed by atoms with Gasteiger partial charge in [0.05, 0.1) is 11.9 Å². The first-order valence-corrected chi connectivity index (χ1v) is 10.8. The van der Waals surface area contributed by atoms with Gasteiger partial charge in [0, 0.05) is 12.1 Å². The number of anilines is 1. The molecule has 0 unspecified atom stereocenters. The molecule has 1 heterocycles. The molecule has 164 valence electrons. The molecule has 0 fully saturated rings. The van der Waals surface area contributed by atoms with E-state index in [1.54, 1.807) is 18.3 Å². The smallest absolute Gasteiger partial charge is 0.270 e. The normalized spacial score (nSPS) is 11.1. The molecule has 0 aliphatic carbocycles. The van der Waals surface area contributed by atoms with Gasteiger partial charge >= 0.3 is 0 Å². The maximum atomic E-state index is 12.3. The van der Waals surface area contributed by atoms with Gasteiger partial charge < -0.3 is 0 Å². The molecule has 0 saturated carbocycles. The number of hydrogen-bond donors (Lipinski definition) is 2. The summed E-state index contributed by atoms with van der Waals surface area (Å²) < 4.78 is 0. The van der Waals surface area contributed by atoms with Crippen LogP contribution in [0.1, 0.15) is 43.4 Å². The number of unbranched alkanes of at least 4 members (excludes halogenated alkanes) is 1. The van der Waals surface area contributed by atoms with Gasteiger partial charge in [-0.15, -0.1) is 0 Å². The van der Waals surface area contributed by atoms with Crippen molar-refractivity contribution in [3.05, 3.63) is 81.6 Å². The molecule has 0 radical (unpaired) electrons. The summed E-state index contributed by atoms with van der Waals surface area (Å²) in [5.74, 6) is 0.178. The molecule has 7 nitrogen and oxygen atoms in total. The van der Waals surface area contributed by atoms with Gasteiger partial charge in [-0.05, 0) is 36.7 Å². The van der Waals surface area contributed by atoms with Crippen LogP contribution in [0.2, 0.25) is 0 Å². The van der Waals surface area contributed by atoms with Crippen molar-refractivity contribution in [2.24, 2.45) is 5.10 Å². The van der Waals surface area contributed by atoms with E-state index in [9.17, 15) is 10.1 Å². The minimum absolute atomic E-state index is 0.0259. The molecule has 1 aromatic heterocycles. The minimum atomic E-state index is -0.507. The molecule has 0 atom stereocenters. The van der Waals surface area contributed by atoms with Gasteiger partial charge in [0.15, 0.2) is 0 Å². The van der Waals surface area contributed by atoms with E-state index in [0.717, 1.165) is 25.2 Å². The molecule has 0 amide bonds. The van der Waals surface area contributed by atoms with Crippen LogP contribution in [0.5, 0.6) is 0 Å². The molecule has 3 aromatic rings. The minimum Gasteiger partial charge on any atom is -0.299 e. The molecule has 2 aromatic carbocycles. The predicted molar refractivity (Wildman–Crippen MR) is 129 cm³/mol. The third-order valence-corrected chi connectivity index (χ3v) is 5.09. The zero-order chi connectivity index (χ0) is 22.8. The number of aromatic amines is 1. The van der Waals surface area contributed by atoms with Crippen molar-refractivity contribution >= 4 is 12.2 Å². The average molecular weight is 429 g/mol. The maximum absolute atomic E-state index is 12.3. The third kappa shape index (κ3) is 6.13. The molecule has 3 rings (SSSR count). The lowest BCUT2D eigenvalue weighted by Gasteiger charge is -2.20. The number of benzene rings is 2. The van der Waals surface area contributed by atoms with Crippen LogP contribution >= 0.6 is 0 Å². The van der Waals surface area contributed by atoms with Gasteiger partial charge in [-0.2, -0.15) is 10.4 Å². The van der Waals surface area contributed by atoms with Crippen LogP contribution in [-0.4, -0.2) is 34.2 Å². The standard InChI is InChI=1S/C25H28N6O/c1-3-5-14-31(4-2)18-20-11-9-10-19(15-20)17-27-30-25-28-23(21-12-7-6-8-13-21)22(16-26)24(32)29-25/h6-13,15,17H,3-5,14,18H2,1-2H3,(H2,28,29,30,32). The molecule has 32 heavy (non-hydrogen) atoms. The van der Waals surface area contributed by atoms with Crippen LogP contribution in [-0.2, 0) is 6.54 Å². The summed E-state index contributed by atoms with van der Waals surface area (Å²) in [7, 11) is 0. The molecule has 0 bridgehead atoms. The Labute approximate surface area is 188 Å². The summed E-state index contributed by atoms with van der Waals surface area (Å²) in [5, 5.41) is 13.6. The van der Waals surface area contributed by atoms with Gasteiger partial charge in [-0.3, -0.25) is 14.7 Å². The summed E-state index contributed by atoms with van der Waals surface area (Å²) in [6.45, 7) is 7.39. The largest absolute Gasteiger partial charge is 0.299 e. The van der Waals surface area contributed by atoms with Crippen LogP contribution in [0.4, 0.5) is 5.95 Å². The second-order valence-electron chi connectivity index (χ2n) is 7.45. The van der Waals surface area contributed by atoms with Gasteiger partial charge in [0.1, 0.15) is 11.6 Å². The predicted octanol–water partition coefficient (Wildman–Crippen LogP) is 4.38. The number of nitrogens with one attached hydrogen (secondary N) is 2. The number of hydrazone groups is 1. The number of H-pyrrole nitrogens is 1. The van der Waals surface area contributed by atoms with Crippen LogP contribution in [0.15, 0.2) is 64.5 Å². The maximum Gasteiger partial charge on any atom is 0.270 e. The Morgan fingerprint density at radius 2 is 2.00 bits per heavy atom. The summed E-state index contributed by atoms with van der Waals surface area (Å²) in [6, 6.07) is 19.3. The number of nitrogens with zero attached hydrogens (tertiary/aromatic N) is 4. The van der Waals surface area contributed by atoms with E-state index in [1.165, 1.54) is 18.4 Å². The summed E-state index contributed by atoms with van der Waals surface area (Å²) >= 11 is 0. The van der Waals surface area contributed by atoms with Gasteiger partial charge in [0.2, 0.25) is 5.95 Å². The van der Waals surface area contributed by atoms with Crippen molar-refractivity contribution in [2.75, 3.05) is 18.5 Å². The van der Waals surface area contributed by atoms with E-state index in [0.29, 0.717) is 11.3 Å². The Balaban J connectivity index is 1.75. The average Bonchev–Trinajstić information content (AvgIpc) is 2.82. The van der Waals surface area contributed by atoms with Crippen molar-refractivity contribution in [1.82, 2.24) is 14.9 Å². The number of nitriles is 1. The van der Waals surface area contributed by atoms with Crippen molar-refractivity contribution < 1.29 is 0 Å². The van der Waals surface area contributed by atoms with Crippen LogP contribution in [0, 0.1) is 11.3 Å². The molecule has 0 aliphatic rings. The summed E-state index contributed by atoms with van der Waals surface area (Å²) in [5.41, 5.74) is 5.43. The Morgan fingerprint density at radius 1 is 1.19 bits per heavy atom. The van der Waals surface area contributed by atoms with Crippen molar-refractivity contribution in [1.29, 1.82) is 5.26 Å². The third-order valence-electron chi connectivity index (χ3n) is 5.09. The summed E-state index contributed by atoms with van der Waals surface area (Å²) in [6.07, 6.45) is 4.07. The Morgan fingerprint density at radius 3 is 2.72 bits per heavy atom. The van der Waals surface area contributed by atoms with Crippen molar-refractivity contribution in [3.63, 3.8) is 0 Å². The zero-order valence-corrected chi connectivity index (χ0v) is 18.5. The molecule has 7 heteroatoms. The first-order chi connectivity index (χ1) is 15.6. The number of rotatable bonds is 10. The van der Waals surface area contributed by atoms with E-state index < -0.39 is 5.56 Å². The fraction of sp³-hybridized carbons (Fsp3) is 0.280. The van der Waals surface area contributed by atoms with Crippen LogP contribution in [0.25, 0.3) is 11.3 Å². The second-order valence-corrected chi connectivity index (χ2v) is 7.45. The van der Waals surface area contributed by atoms with E-state index >= 15 is 0 Å². The topological polar surface area (TPSA) is 97.2 Å². The highest BCUT2D eigenvalue weighted by atomic mass is 16.1. The van der Waals surface area contributed by atoms with Gasteiger partial charge in [-0.25, -0.2) is 10.4 Å². The fourth-order valence-electron chi connectivity index (χ4n) is 3.36.